The van der Waals surface area contributed by atoms with Gasteiger partial charge in [0, 0.05) is 17.8 Å². The first-order valence-corrected chi connectivity index (χ1v) is 10.3. The molecule has 0 aliphatic carbocycles. The normalized spacial score (nSPS) is 16.0. The van der Waals surface area contributed by atoms with Crippen LogP contribution < -0.4 is 11.5 Å². The molecule has 0 rings (SSSR count). The van der Waals surface area contributed by atoms with Crippen LogP contribution in [-0.4, -0.2) is 31.6 Å². The summed E-state index contributed by atoms with van der Waals surface area (Å²) in [5.74, 6) is 0. The van der Waals surface area contributed by atoms with Crippen LogP contribution in [0.2, 0.25) is 0 Å². The molecule has 4 heteroatoms. The van der Waals surface area contributed by atoms with Crippen molar-refractivity contribution in [3.05, 3.63) is 58.9 Å². The maximum Gasteiger partial charge on any atom is 0.0734 e. The van der Waals surface area contributed by atoms with E-state index < -0.39 is 0 Å². The van der Waals surface area contributed by atoms with E-state index in [4.69, 9.17) is 16.5 Å². The maximum absolute atomic E-state index is 6.20. The molecule has 0 fully saturated rings. The van der Waals surface area contributed by atoms with E-state index in [-0.39, 0.29) is 6.04 Å². The Morgan fingerprint density at radius 2 is 1.75 bits per heavy atom. The number of aliphatic imine (C=N–C) groups is 2. The summed E-state index contributed by atoms with van der Waals surface area (Å²) < 4.78 is 0. The fourth-order valence-electron chi connectivity index (χ4n) is 2.69. The average Bonchev–Trinajstić information content (AvgIpc) is 2.69. The Bertz CT molecular complexity index is 642. The molecule has 0 aliphatic rings. The minimum absolute atomic E-state index is 0.0828. The van der Waals surface area contributed by atoms with Gasteiger partial charge in [0.05, 0.1) is 18.3 Å². The molecule has 0 aromatic rings. The minimum Gasteiger partial charge on any atom is -0.402 e. The highest BCUT2D eigenvalue weighted by molar-refractivity contribution is 6.13. The molecule has 0 bridgehead atoms. The third kappa shape index (κ3) is 9.65. The second-order valence-corrected chi connectivity index (χ2v) is 6.72. The smallest absolute Gasteiger partial charge is 0.0734 e. The molecule has 0 amide bonds. The molecule has 0 saturated heterocycles. The third-order valence-electron chi connectivity index (χ3n) is 4.48. The summed E-state index contributed by atoms with van der Waals surface area (Å²) >= 11 is 0. The molecule has 28 heavy (non-hydrogen) atoms. The van der Waals surface area contributed by atoms with Crippen LogP contribution in [0.4, 0.5) is 0 Å². The van der Waals surface area contributed by atoms with Gasteiger partial charge < -0.3 is 11.5 Å². The van der Waals surface area contributed by atoms with Gasteiger partial charge in [0.15, 0.2) is 0 Å². The van der Waals surface area contributed by atoms with Crippen LogP contribution in [0.25, 0.3) is 0 Å². The molecule has 0 spiro atoms. The van der Waals surface area contributed by atoms with Crippen LogP contribution in [0.1, 0.15) is 60.3 Å². The molecule has 1 unspecified atom stereocenters. The quantitative estimate of drug-likeness (QED) is 0.334. The van der Waals surface area contributed by atoms with E-state index in [0.717, 1.165) is 48.2 Å². The van der Waals surface area contributed by atoms with Crippen molar-refractivity contribution in [1.82, 2.24) is 0 Å². The largest absolute Gasteiger partial charge is 0.402 e. The first-order chi connectivity index (χ1) is 13.5. The first-order valence-electron chi connectivity index (χ1n) is 10.3. The van der Waals surface area contributed by atoms with Crippen molar-refractivity contribution < 1.29 is 0 Å². The number of hydrogen-bond donors (Lipinski definition) is 2. The fraction of sp³-hybridized carbons (Fsp3) is 0.500. The molecule has 0 aromatic carbocycles. The van der Waals surface area contributed by atoms with Crippen LogP contribution in [-0.2, 0) is 0 Å². The van der Waals surface area contributed by atoms with Crippen LogP contribution >= 0.6 is 0 Å². The number of hydrogen-bond acceptors (Lipinski definition) is 4. The summed E-state index contributed by atoms with van der Waals surface area (Å²) in [5.41, 5.74) is 16.8. The lowest BCUT2D eigenvalue weighted by Crippen LogP contribution is -2.19. The van der Waals surface area contributed by atoms with E-state index in [1.54, 1.807) is 0 Å². The predicted octanol–water partition coefficient (Wildman–Crippen LogP) is 5.29. The third-order valence-corrected chi connectivity index (χ3v) is 4.48. The van der Waals surface area contributed by atoms with Crippen LogP contribution in [0, 0.1) is 0 Å². The molecular weight excluding hydrogens is 344 g/mol. The van der Waals surface area contributed by atoms with Gasteiger partial charge in [-0.15, -0.1) is 0 Å². The van der Waals surface area contributed by atoms with Gasteiger partial charge in [0.1, 0.15) is 0 Å². The highest BCUT2D eigenvalue weighted by Crippen LogP contribution is 2.20. The Hall–Kier alpha value is -2.20. The highest BCUT2D eigenvalue weighted by Gasteiger charge is 2.17. The van der Waals surface area contributed by atoms with Crippen molar-refractivity contribution >= 4 is 12.4 Å². The van der Waals surface area contributed by atoms with E-state index in [1.165, 1.54) is 5.57 Å². The predicted molar refractivity (Wildman–Crippen MR) is 127 cm³/mol. The summed E-state index contributed by atoms with van der Waals surface area (Å²) in [6, 6.07) is -0.0828. The number of nitrogens with two attached hydrogens (primary N) is 2. The van der Waals surface area contributed by atoms with E-state index >= 15 is 0 Å². The summed E-state index contributed by atoms with van der Waals surface area (Å²) in [4.78, 5) is 9.22. The van der Waals surface area contributed by atoms with Crippen molar-refractivity contribution in [3.8, 4) is 0 Å². The fourth-order valence-corrected chi connectivity index (χ4v) is 2.69. The van der Waals surface area contributed by atoms with Crippen LogP contribution in [0.3, 0.4) is 0 Å². The molecule has 1 atom stereocenters. The van der Waals surface area contributed by atoms with E-state index in [1.807, 2.05) is 32.1 Å². The first kappa shape index (κ1) is 25.8. The number of nitrogens with zero attached hydrogens (tertiary/aromatic N) is 2. The average molecular weight is 385 g/mol. The van der Waals surface area contributed by atoms with Gasteiger partial charge in [-0.2, -0.15) is 0 Å². The maximum atomic E-state index is 6.20. The van der Waals surface area contributed by atoms with Crippen molar-refractivity contribution in [3.63, 3.8) is 0 Å². The number of rotatable bonds is 13. The van der Waals surface area contributed by atoms with Crippen LogP contribution in [0.5, 0.6) is 0 Å². The Labute approximate surface area is 172 Å². The lowest BCUT2D eigenvalue weighted by atomic mass is 9.93. The topological polar surface area (TPSA) is 76.8 Å². The molecule has 4 nitrogen and oxygen atoms in total. The Morgan fingerprint density at radius 3 is 2.25 bits per heavy atom. The van der Waals surface area contributed by atoms with Gasteiger partial charge in [-0.1, -0.05) is 63.6 Å². The van der Waals surface area contributed by atoms with Gasteiger partial charge in [-0.25, -0.2) is 0 Å². The van der Waals surface area contributed by atoms with E-state index in [0.29, 0.717) is 13.1 Å². The summed E-state index contributed by atoms with van der Waals surface area (Å²) in [7, 11) is 0. The molecule has 156 valence electrons. The zero-order valence-electron chi connectivity index (χ0n) is 18.5. The molecule has 0 aromatic heterocycles. The number of allylic oxidation sites excluding steroid dienone is 7. The Balaban J connectivity index is 6.13. The van der Waals surface area contributed by atoms with Crippen LogP contribution in [0.15, 0.2) is 68.9 Å². The minimum atomic E-state index is -0.0828. The lowest BCUT2D eigenvalue weighted by Gasteiger charge is -2.18. The standard InChI is InChI=1S/C24H40N4/c1-7-10-11-12-15-21(8-2)18-28-24(22(9-3)19(4)26)23(20(5)27-6)16-13-14-17-25/h11-16,20H,6-10,17-18,25-26H2,1-5H3/b12-11-,14-13-,21-15-,22-19?,23-16+,28-24?. The second-order valence-electron chi connectivity index (χ2n) is 6.72. The van der Waals surface area contributed by atoms with Gasteiger partial charge in [-0.05, 0) is 51.0 Å². The van der Waals surface area contributed by atoms with Crippen molar-refractivity contribution in [2.24, 2.45) is 21.5 Å². The van der Waals surface area contributed by atoms with Crippen molar-refractivity contribution in [2.45, 2.75) is 66.3 Å². The zero-order valence-corrected chi connectivity index (χ0v) is 18.5. The SMILES string of the molecule is C=NC(C)/C(=C\C=C/CN)C(=NC/C(=C\C=C/CCC)CC)C(CC)=C(C)N. The monoisotopic (exact) mass is 384 g/mol. The van der Waals surface area contributed by atoms with E-state index in [9.17, 15) is 0 Å². The number of unbranched alkanes of at least 4 members (excludes halogenated alkanes) is 1. The Morgan fingerprint density at radius 1 is 1.07 bits per heavy atom. The van der Waals surface area contributed by atoms with Gasteiger partial charge in [0.25, 0.3) is 0 Å². The van der Waals surface area contributed by atoms with Crippen molar-refractivity contribution in [2.75, 3.05) is 13.1 Å². The summed E-state index contributed by atoms with van der Waals surface area (Å²) in [6.07, 6.45) is 16.4. The highest BCUT2D eigenvalue weighted by atomic mass is 14.8. The summed E-state index contributed by atoms with van der Waals surface area (Å²) in [5, 5.41) is 0. The molecule has 0 heterocycles. The second kappa shape index (κ2) is 15.8. The zero-order chi connectivity index (χ0) is 21.4. The molecule has 0 saturated carbocycles. The van der Waals surface area contributed by atoms with Gasteiger partial charge >= 0.3 is 0 Å². The van der Waals surface area contributed by atoms with Gasteiger partial charge in [0.2, 0.25) is 0 Å². The molecule has 0 radical (unpaired) electrons. The Kier molecular flexibility index (Phi) is 14.6. The molecule has 4 N–H and O–H groups in total. The van der Waals surface area contributed by atoms with E-state index in [2.05, 4.69) is 50.7 Å². The lowest BCUT2D eigenvalue weighted by molar-refractivity contribution is 0.897. The summed E-state index contributed by atoms with van der Waals surface area (Å²) in [6.45, 7) is 15.3. The molecule has 0 aliphatic heterocycles. The van der Waals surface area contributed by atoms with Crippen molar-refractivity contribution in [1.29, 1.82) is 0 Å². The molecular formula is C24H40N4. The van der Waals surface area contributed by atoms with Gasteiger partial charge in [-0.3, -0.25) is 9.98 Å².